The van der Waals surface area contributed by atoms with Gasteiger partial charge in [0.05, 0.1) is 11.1 Å². The van der Waals surface area contributed by atoms with E-state index in [0.717, 1.165) is 6.20 Å². The molecule has 0 amide bonds. The Morgan fingerprint density at radius 1 is 1.29 bits per heavy atom. The van der Waals surface area contributed by atoms with Crippen molar-refractivity contribution in [3.8, 4) is 11.3 Å². The smallest absolute Gasteiger partial charge is 0.258 e. The van der Waals surface area contributed by atoms with Crippen LogP contribution in [0.5, 0.6) is 0 Å². The lowest BCUT2D eigenvalue weighted by Gasteiger charge is -1.95. The molecule has 0 unspecified atom stereocenters. The maximum atomic E-state index is 12.2. The lowest BCUT2D eigenvalue weighted by atomic mass is 10.1. The van der Waals surface area contributed by atoms with Gasteiger partial charge in [0.15, 0.2) is 0 Å². The van der Waals surface area contributed by atoms with E-state index in [9.17, 15) is 18.9 Å². The standard InChI is InChI=1S/C9H6F2N4O2/c10-9(11)14-5-8(12-13-14)6-1-3-7(4-2-6)15(16)17/h1-5,9H. The molecule has 2 aromatic rings. The van der Waals surface area contributed by atoms with E-state index in [1.165, 1.54) is 24.3 Å². The maximum Gasteiger partial charge on any atom is 0.334 e. The summed E-state index contributed by atoms with van der Waals surface area (Å²) in [6, 6.07) is 5.41. The average Bonchev–Trinajstić information content (AvgIpc) is 2.78. The molecular weight excluding hydrogens is 234 g/mol. The first-order valence-corrected chi connectivity index (χ1v) is 4.53. The highest BCUT2D eigenvalue weighted by molar-refractivity contribution is 5.59. The van der Waals surface area contributed by atoms with Gasteiger partial charge < -0.3 is 0 Å². The number of benzene rings is 1. The molecule has 0 aliphatic carbocycles. The lowest BCUT2D eigenvalue weighted by Crippen LogP contribution is -1.97. The summed E-state index contributed by atoms with van der Waals surface area (Å²) >= 11 is 0. The van der Waals surface area contributed by atoms with E-state index in [2.05, 4.69) is 10.3 Å². The van der Waals surface area contributed by atoms with Crippen LogP contribution < -0.4 is 0 Å². The highest BCUT2D eigenvalue weighted by atomic mass is 19.3. The van der Waals surface area contributed by atoms with Crippen molar-refractivity contribution in [1.82, 2.24) is 15.0 Å². The topological polar surface area (TPSA) is 73.8 Å². The Hall–Kier alpha value is -2.38. The van der Waals surface area contributed by atoms with Gasteiger partial charge in [-0.3, -0.25) is 10.1 Å². The molecule has 8 heteroatoms. The molecule has 0 N–H and O–H groups in total. The summed E-state index contributed by atoms with van der Waals surface area (Å²) < 4.78 is 24.9. The normalized spacial score (nSPS) is 10.8. The number of aromatic nitrogens is 3. The van der Waals surface area contributed by atoms with Gasteiger partial charge in [0, 0.05) is 17.7 Å². The second kappa shape index (κ2) is 4.24. The van der Waals surface area contributed by atoms with Crippen molar-refractivity contribution in [2.45, 2.75) is 6.55 Å². The number of nitro benzene ring substituents is 1. The quantitative estimate of drug-likeness (QED) is 0.609. The van der Waals surface area contributed by atoms with Gasteiger partial charge in [-0.15, -0.1) is 5.10 Å². The molecule has 1 aromatic heterocycles. The van der Waals surface area contributed by atoms with Gasteiger partial charge in [-0.25, -0.2) is 0 Å². The fraction of sp³-hybridized carbons (Fsp3) is 0.111. The van der Waals surface area contributed by atoms with Crippen LogP contribution in [0.4, 0.5) is 14.5 Å². The zero-order valence-corrected chi connectivity index (χ0v) is 8.33. The first kappa shape index (κ1) is 11.1. The van der Waals surface area contributed by atoms with Crippen LogP contribution in [0, 0.1) is 10.1 Å². The van der Waals surface area contributed by atoms with Crippen LogP contribution in [-0.4, -0.2) is 19.9 Å². The fourth-order valence-electron chi connectivity index (χ4n) is 1.26. The highest BCUT2D eigenvalue weighted by Crippen LogP contribution is 2.21. The van der Waals surface area contributed by atoms with Crippen molar-refractivity contribution >= 4 is 5.69 Å². The second-order valence-electron chi connectivity index (χ2n) is 3.17. The minimum Gasteiger partial charge on any atom is -0.258 e. The Kier molecular flexibility index (Phi) is 2.77. The van der Waals surface area contributed by atoms with E-state index in [-0.39, 0.29) is 11.4 Å². The number of nitro groups is 1. The van der Waals surface area contributed by atoms with Gasteiger partial charge in [-0.1, -0.05) is 5.21 Å². The molecule has 0 aliphatic rings. The van der Waals surface area contributed by atoms with E-state index >= 15 is 0 Å². The Labute approximate surface area is 93.6 Å². The predicted molar refractivity (Wildman–Crippen MR) is 53.4 cm³/mol. The van der Waals surface area contributed by atoms with Crippen molar-refractivity contribution < 1.29 is 13.7 Å². The first-order valence-electron chi connectivity index (χ1n) is 4.53. The van der Waals surface area contributed by atoms with Gasteiger partial charge in [-0.2, -0.15) is 13.5 Å². The van der Waals surface area contributed by atoms with Gasteiger partial charge >= 0.3 is 6.55 Å². The van der Waals surface area contributed by atoms with Crippen molar-refractivity contribution in [1.29, 1.82) is 0 Å². The molecule has 1 heterocycles. The summed E-state index contributed by atoms with van der Waals surface area (Å²) in [4.78, 5) is 9.87. The van der Waals surface area contributed by atoms with Crippen LogP contribution in [0.1, 0.15) is 6.55 Å². The number of alkyl halides is 2. The third-order valence-electron chi connectivity index (χ3n) is 2.08. The zero-order valence-electron chi connectivity index (χ0n) is 8.33. The maximum absolute atomic E-state index is 12.2. The Morgan fingerprint density at radius 2 is 1.94 bits per heavy atom. The largest absolute Gasteiger partial charge is 0.334 e. The fourth-order valence-corrected chi connectivity index (χ4v) is 1.26. The number of halogens is 2. The number of rotatable bonds is 3. The van der Waals surface area contributed by atoms with Crippen LogP contribution in [0.3, 0.4) is 0 Å². The Bertz CT molecular complexity index is 538. The SMILES string of the molecule is O=[N+]([O-])c1ccc(-c2cn(C(F)F)nn2)cc1. The average molecular weight is 240 g/mol. The summed E-state index contributed by atoms with van der Waals surface area (Å²) in [7, 11) is 0. The van der Waals surface area contributed by atoms with Crippen LogP contribution in [0.25, 0.3) is 11.3 Å². The summed E-state index contributed by atoms with van der Waals surface area (Å²) in [5.74, 6) is 0. The van der Waals surface area contributed by atoms with Crippen molar-refractivity contribution in [3.05, 3.63) is 40.6 Å². The third-order valence-corrected chi connectivity index (χ3v) is 2.08. The van der Waals surface area contributed by atoms with Crippen molar-refractivity contribution in [2.24, 2.45) is 0 Å². The molecule has 2 rings (SSSR count). The molecule has 17 heavy (non-hydrogen) atoms. The Morgan fingerprint density at radius 3 is 2.41 bits per heavy atom. The number of hydrogen-bond donors (Lipinski definition) is 0. The van der Waals surface area contributed by atoms with Crippen LogP contribution in [0.2, 0.25) is 0 Å². The van der Waals surface area contributed by atoms with E-state index < -0.39 is 11.5 Å². The minimum absolute atomic E-state index is 0.0741. The second-order valence-corrected chi connectivity index (χ2v) is 3.17. The van der Waals surface area contributed by atoms with Crippen LogP contribution >= 0.6 is 0 Å². The summed E-state index contributed by atoms with van der Waals surface area (Å²) in [5.41, 5.74) is 0.651. The molecular formula is C9H6F2N4O2. The van der Waals surface area contributed by atoms with E-state index in [0.29, 0.717) is 10.2 Å². The van der Waals surface area contributed by atoms with Gasteiger partial charge in [-0.05, 0) is 12.1 Å². The van der Waals surface area contributed by atoms with Gasteiger partial charge in [0.2, 0.25) is 0 Å². The molecule has 0 saturated carbocycles. The number of non-ortho nitro benzene ring substituents is 1. The van der Waals surface area contributed by atoms with Crippen molar-refractivity contribution in [3.63, 3.8) is 0 Å². The van der Waals surface area contributed by atoms with E-state index in [1.807, 2.05) is 0 Å². The summed E-state index contributed by atoms with van der Waals surface area (Å²) in [5, 5.41) is 17.2. The highest BCUT2D eigenvalue weighted by Gasteiger charge is 2.11. The molecule has 88 valence electrons. The third kappa shape index (κ3) is 2.25. The first-order chi connectivity index (χ1) is 8.08. The Balaban J connectivity index is 2.30. The summed E-state index contributed by atoms with van der Waals surface area (Å²) in [6.45, 7) is -2.76. The van der Waals surface area contributed by atoms with Crippen LogP contribution in [-0.2, 0) is 0 Å². The predicted octanol–water partition coefficient (Wildman–Crippen LogP) is 2.25. The van der Waals surface area contributed by atoms with E-state index in [4.69, 9.17) is 0 Å². The number of nitrogens with zero attached hydrogens (tertiary/aromatic N) is 4. The molecule has 1 aromatic carbocycles. The monoisotopic (exact) mass is 240 g/mol. The zero-order chi connectivity index (χ0) is 12.4. The molecule has 0 radical (unpaired) electrons. The van der Waals surface area contributed by atoms with Gasteiger partial charge in [0.25, 0.3) is 5.69 Å². The number of hydrogen-bond acceptors (Lipinski definition) is 4. The summed E-state index contributed by atoms with van der Waals surface area (Å²) in [6.07, 6.45) is 1.08. The van der Waals surface area contributed by atoms with E-state index in [1.54, 1.807) is 0 Å². The molecule has 0 bridgehead atoms. The van der Waals surface area contributed by atoms with Crippen LogP contribution in [0.15, 0.2) is 30.5 Å². The molecule has 6 nitrogen and oxygen atoms in total. The lowest BCUT2D eigenvalue weighted by molar-refractivity contribution is -0.384. The molecule has 0 saturated heterocycles. The minimum atomic E-state index is -2.76. The molecule has 0 spiro atoms. The van der Waals surface area contributed by atoms with Crippen molar-refractivity contribution in [2.75, 3.05) is 0 Å². The molecule has 0 fully saturated rings. The molecule has 0 aliphatic heterocycles. The molecule has 0 atom stereocenters. The van der Waals surface area contributed by atoms with Gasteiger partial charge in [0.1, 0.15) is 5.69 Å².